The predicted molar refractivity (Wildman–Crippen MR) is 70.8 cm³/mol. The zero-order valence-electron chi connectivity index (χ0n) is 11.0. The van der Waals surface area contributed by atoms with Gasteiger partial charge in [0, 0.05) is 11.4 Å². The van der Waals surface area contributed by atoms with Crippen LogP contribution in [0.15, 0.2) is 11.4 Å². The maximum atomic E-state index is 12.1. The minimum absolute atomic E-state index is 0.0665. The van der Waals surface area contributed by atoms with Gasteiger partial charge in [0.25, 0.3) is 0 Å². The van der Waals surface area contributed by atoms with Gasteiger partial charge in [0.15, 0.2) is 0 Å². The Labute approximate surface area is 111 Å². The monoisotopic (exact) mass is 269 g/mol. The molecule has 1 atom stereocenters. The molecule has 0 bridgehead atoms. The molecule has 1 aliphatic heterocycles. The van der Waals surface area contributed by atoms with E-state index in [1.54, 1.807) is 16.2 Å². The van der Waals surface area contributed by atoms with Crippen LogP contribution < -0.4 is 0 Å². The second-order valence-corrected chi connectivity index (χ2v) is 6.42. The first-order valence-corrected chi connectivity index (χ1v) is 6.97. The Hall–Kier alpha value is -1.07. The van der Waals surface area contributed by atoms with E-state index in [0.29, 0.717) is 6.54 Å². The molecule has 0 aliphatic carbocycles. The van der Waals surface area contributed by atoms with E-state index in [1.165, 1.54) is 4.88 Å². The first-order valence-electron chi connectivity index (χ1n) is 6.09. The summed E-state index contributed by atoms with van der Waals surface area (Å²) >= 11 is 1.68. The lowest BCUT2D eigenvalue weighted by atomic mass is 10.0. The molecule has 2 heterocycles. The summed E-state index contributed by atoms with van der Waals surface area (Å²) in [6.07, 6.45) is 0.487. The Morgan fingerprint density at radius 3 is 2.94 bits per heavy atom. The van der Waals surface area contributed by atoms with E-state index < -0.39 is 5.60 Å². The molecular formula is C13H19NO3S. The zero-order chi connectivity index (χ0) is 13.3. The summed E-state index contributed by atoms with van der Waals surface area (Å²) in [5.74, 6) is 0. The highest BCUT2D eigenvalue weighted by molar-refractivity contribution is 7.10. The van der Waals surface area contributed by atoms with Crippen molar-refractivity contribution < 1.29 is 14.6 Å². The Morgan fingerprint density at radius 1 is 1.61 bits per heavy atom. The molecule has 0 aromatic carbocycles. The van der Waals surface area contributed by atoms with Crippen molar-refractivity contribution >= 4 is 17.4 Å². The van der Waals surface area contributed by atoms with Crippen LogP contribution in [0.4, 0.5) is 4.79 Å². The van der Waals surface area contributed by atoms with Gasteiger partial charge in [-0.25, -0.2) is 4.79 Å². The van der Waals surface area contributed by atoms with Crippen molar-refractivity contribution in [3.63, 3.8) is 0 Å². The zero-order valence-corrected chi connectivity index (χ0v) is 11.8. The van der Waals surface area contributed by atoms with Gasteiger partial charge >= 0.3 is 6.09 Å². The highest BCUT2D eigenvalue weighted by Crippen LogP contribution is 2.33. The van der Waals surface area contributed by atoms with Gasteiger partial charge in [-0.05, 0) is 44.2 Å². The molecule has 1 amide bonds. The average Bonchev–Trinajstić information content (AvgIpc) is 2.72. The fourth-order valence-corrected chi connectivity index (χ4v) is 3.06. The molecule has 0 radical (unpaired) electrons. The summed E-state index contributed by atoms with van der Waals surface area (Å²) in [5, 5.41) is 11.5. The Kier molecular flexibility index (Phi) is 3.64. The third-order valence-electron chi connectivity index (χ3n) is 2.90. The second-order valence-electron chi connectivity index (χ2n) is 5.42. The fourth-order valence-electron chi connectivity index (χ4n) is 2.13. The van der Waals surface area contributed by atoms with Crippen molar-refractivity contribution in [1.82, 2.24) is 4.90 Å². The van der Waals surface area contributed by atoms with Crippen molar-refractivity contribution in [3.05, 3.63) is 21.9 Å². The first-order chi connectivity index (χ1) is 8.42. The number of ether oxygens (including phenoxy) is 1. The molecule has 1 aromatic rings. The summed E-state index contributed by atoms with van der Waals surface area (Å²) in [5.41, 5.74) is 0.547. The van der Waals surface area contributed by atoms with Crippen LogP contribution in [0.1, 0.15) is 37.3 Å². The molecule has 0 unspecified atom stereocenters. The molecule has 0 spiro atoms. The SMILES string of the molecule is CC(C)(C)OC(=O)N1CCc2sccc2[C@H]1CO. The number of carbonyl (C=O) groups is 1. The topological polar surface area (TPSA) is 49.8 Å². The van der Waals surface area contributed by atoms with Gasteiger partial charge in [-0.15, -0.1) is 11.3 Å². The maximum absolute atomic E-state index is 12.1. The highest BCUT2D eigenvalue weighted by Gasteiger charge is 2.33. The molecule has 1 N–H and O–H groups in total. The number of hydrogen-bond donors (Lipinski definition) is 1. The molecular weight excluding hydrogens is 250 g/mol. The van der Waals surface area contributed by atoms with Crippen LogP contribution >= 0.6 is 11.3 Å². The highest BCUT2D eigenvalue weighted by atomic mass is 32.1. The van der Waals surface area contributed by atoms with Crippen LogP contribution in [0.5, 0.6) is 0 Å². The van der Waals surface area contributed by atoms with Crippen molar-refractivity contribution in [1.29, 1.82) is 0 Å². The maximum Gasteiger partial charge on any atom is 0.410 e. The van der Waals surface area contributed by atoms with Gasteiger partial charge in [0.1, 0.15) is 5.60 Å². The normalized spacial score (nSPS) is 19.6. The van der Waals surface area contributed by atoms with Crippen molar-refractivity contribution in [2.75, 3.05) is 13.2 Å². The van der Waals surface area contributed by atoms with Gasteiger partial charge < -0.3 is 9.84 Å². The predicted octanol–water partition coefficient (Wildman–Crippen LogP) is 2.57. The molecule has 2 rings (SSSR count). The Balaban J connectivity index is 2.17. The van der Waals surface area contributed by atoms with Crippen LogP contribution in [0.3, 0.4) is 0 Å². The molecule has 0 saturated carbocycles. The molecule has 1 aromatic heterocycles. The Morgan fingerprint density at radius 2 is 2.33 bits per heavy atom. The third-order valence-corrected chi connectivity index (χ3v) is 3.89. The van der Waals surface area contributed by atoms with Gasteiger partial charge in [0.2, 0.25) is 0 Å². The molecule has 100 valence electrons. The number of nitrogens with zero attached hydrogens (tertiary/aromatic N) is 1. The molecule has 0 saturated heterocycles. The summed E-state index contributed by atoms with van der Waals surface area (Å²) in [7, 11) is 0. The summed E-state index contributed by atoms with van der Waals surface area (Å²) in [4.78, 5) is 15.0. The largest absolute Gasteiger partial charge is 0.444 e. The number of thiophene rings is 1. The minimum Gasteiger partial charge on any atom is -0.444 e. The first kappa shape index (κ1) is 13.4. The lowest BCUT2D eigenvalue weighted by molar-refractivity contribution is 0.00718. The van der Waals surface area contributed by atoms with Crippen molar-refractivity contribution in [3.8, 4) is 0 Å². The number of aliphatic hydroxyl groups is 1. The summed E-state index contributed by atoms with van der Waals surface area (Å²) in [6, 6.07) is 1.71. The Bertz CT molecular complexity index is 436. The van der Waals surface area contributed by atoms with E-state index in [4.69, 9.17) is 4.74 Å². The number of hydrogen-bond acceptors (Lipinski definition) is 4. The van der Waals surface area contributed by atoms with Crippen molar-refractivity contribution in [2.24, 2.45) is 0 Å². The van der Waals surface area contributed by atoms with Gasteiger partial charge in [-0.3, -0.25) is 4.90 Å². The van der Waals surface area contributed by atoms with Crippen LogP contribution in [-0.2, 0) is 11.2 Å². The standard InChI is InChI=1S/C13H19NO3S/c1-13(2,3)17-12(16)14-6-4-11-9(5-7-18-11)10(14)8-15/h5,7,10,15H,4,6,8H2,1-3H3/t10-/m1/s1. The molecule has 18 heavy (non-hydrogen) atoms. The number of carbonyl (C=O) groups excluding carboxylic acids is 1. The quantitative estimate of drug-likeness (QED) is 0.852. The fraction of sp³-hybridized carbons (Fsp3) is 0.615. The lowest BCUT2D eigenvalue weighted by Gasteiger charge is -2.35. The number of aliphatic hydroxyl groups excluding tert-OH is 1. The lowest BCUT2D eigenvalue weighted by Crippen LogP contribution is -2.43. The summed E-state index contributed by atoms with van der Waals surface area (Å²) in [6.45, 7) is 6.08. The second kappa shape index (κ2) is 4.90. The van der Waals surface area contributed by atoms with E-state index in [0.717, 1.165) is 12.0 Å². The minimum atomic E-state index is -0.508. The van der Waals surface area contributed by atoms with Gasteiger partial charge in [-0.2, -0.15) is 0 Å². The number of fused-ring (bicyclic) bond motifs is 1. The molecule has 1 aliphatic rings. The van der Waals surface area contributed by atoms with Gasteiger partial charge in [0.05, 0.1) is 12.6 Å². The van der Waals surface area contributed by atoms with Crippen LogP contribution in [0.2, 0.25) is 0 Å². The molecule has 4 nitrogen and oxygen atoms in total. The number of amides is 1. The van der Waals surface area contributed by atoms with Crippen LogP contribution in [0.25, 0.3) is 0 Å². The van der Waals surface area contributed by atoms with Crippen molar-refractivity contribution in [2.45, 2.75) is 38.8 Å². The smallest absolute Gasteiger partial charge is 0.410 e. The van der Waals surface area contributed by atoms with E-state index in [1.807, 2.05) is 32.2 Å². The number of rotatable bonds is 1. The third kappa shape index (κ3) is 2.67. The average molecular weight is 269 g/mol. The van der Waals surface area contributed by atoms with Gasteiger partial charge in [-0.1, -0.05) is 0 Å². The van der Waals surface area contributed by atoms with Crippen LogP contribution in [0, 0.1) is 0 Å². The van der Waals surface area contributed by atoms with E-state index >= 15 is 0 Å². The van der Waals surface area contributed by atoms with Crippen LogP contribution in [-0.4, -0.2) is 34.9 Å². The van der Waals surface area contributed by atoms with E-state index in [9.17, 15) is 9.90 Å². The summed E-state index contributed by atoms with van der Waals surface area (Å²) < 4.78 is 5.38. The molecule has 5 heteroatoms. The van der Waals surface area contributed by atoms with E-state index in [2.05, 4.69) is 0 Å². The molecule has 0 fully saturated rings. The van der Waals surface area contributed by atoms with E-state index in [-0.39, 0.29) is 18.7 Å².